The average molecular weight is 289 g/mol. The molecule has 0 saturated heterocycles. The van der Waals surface area contributed by atoms with Crippen molar-refractivity contribution in [2.75, 3.05) is 0 Å². The fourth-order valence-corrected chi connectivity index (χ4v) is 2.56. The Bertz CT molecular complexity index is 464. The molecule has 21 heavy (non-hydrogen) atoms. The lowest BCUT2D eigenvalue weighted by atomic mass is 9.80. The van der Waals surface area contributed by atoms with Gasteiger partial charge < -0.3 is 0 Å². The van der Waals surface area contributed by atoms with Crippen LogP contribution < -0.4 is 0 Å². The van der Waals surface area contributed by atoms with E-state index in [2.05, 4.69) is 27.7 Å². The van der Waals surface area contributed by atoms with Gasteiger partial charge in [-0.05, 0) is 54.7 Å². The first-order valence-corrected chi connectivity index (χ1v) is 7.81. The molecule has 3 heteroatoms. The second-order valence-electron chi connectivity index (χ2n) is 6.47. The first kappa shape index (κ1) is 16.0. The van der Waals surface area contributed by atoms with Crippen LogP contribution in [0.2, 0.25) is 0 Å². The van der Waals surface area contributed by atoms with E-state index in [1.165, 1.54) is 5.56 Å². The molecule has 115 valence electrons. The van der Waals surface area contributed by atoms with Gasteiger partial charge in [-0.2, -0.15) is 4.89 Å². The summed E-state index contributed by atoms with van der Waals surface area (Å²) in [4.78, 5) is 22.2. The lowest BCUT2D eigenvalue weighted by Gasteiger charge is -2.29. The minimum absolute atomic E-state index is 0.427. The van der Waals surface area contributed by atoms with Gasteiger partial charge in [-0.25, -0.2) is 4.79 Å². The van der Waals surface area contributed by atoms with E-state index >= 15 is 0 Å². The van der Waals surface area contributed by atoms with E-state index in [1.54, 1.807) is 12.1 Å². The molecule has 1 saturated carbocycles. The molecule has 2 unspecified atom stereocenters. The van der Waals surface area contributed by atoms with Crippen LogP contribution in [0.3, 0.4) is 0 Å². The molecule has 1 radical (unpaired) electrons. The van der Waals surface area contributed by atoms with Crippen molar-refractivity contribution in [1.82, 2.24) is 0 Å². The largest absolute Gasteiger partial charge is 0.373 e. The first-order valence-electron chi connectivity index (χ1n) is 7.81. The molecular formula is C18H25O3. The van der Waals surface area contributed by atoms with E-state index in [0.717, 1.165) is 25.4 Å². The first-order chi connectivity index (χ1) is 9.97. The van der Waals surface area contributed by atoms with Crippen molar-refractivity contribution in [2.45, 2.75) is 52.9 Å². The minimum Gasteiger partial charge on any atom is -0.292 e. The Morgan fingerprint density at radius 2 is 1.81 bits per heavy atom. The van der Waals surface area contributed by atoms with Gasteiger partial charge in [-0.15, -0.1) is 0 Å². The fourth-order valence-electron chi connectivity index (χ4n) is 2.56. The quantitative estimate of drug-likeness (QED) is 0.585. The normalized spacial score (nSPS) is 23.3. The molecule has 1 aromatic carbocycles. The molecule has 0 N–H and O–H groups in total. The van der Waals surface area contributed by atoms with E-state index in [1.807, 2.05) is 12.1 Å². The van der Waals surface area contributed by atoms with Crippen LogP contribution >= 0.6 is 0 Å². The predicted molar refractivity (Wildman–Crippen MR) is 82.5 cm³/mol. The maximum absolute atomic E-state index is 12.0. The zero-order chi connectivity index (χ0) is 15.4. The summed E-state index contributed by atoms with van der Waals surface area (Å²) < 4.78 is 0. The van der Waals surface area contributed by atoms with Crippen molar-refractivity contribution in [3.63, 3.8) is 0 Å². The van der Waals surface area contributed by atoms with Crippen molar-refractivity contribution in [2.24, 2.45) is 11.8 Å². The molecule has 2 atom stereocenters. The Kier molecular flexibility index (Phi) is 5.40. The van der Waals surface area contributed by atoms with Gasteiger partial charge >= 0.3 is 5.97 Å². The molecule has 0 amide bonds. The smallest absolute Gasteiger partial charge is 0.292 e. The summed E-state index contributed by atoms with van der Waals surface area (Å²) in [6.07, 6.45) is 3.73. The highest BCUT2D eigenvalue weighted by molar-refractivity contribution is 5.88. The van der Waals surface area contributed by atoms with E-state index in [-0.39, 0.29) is 0 Å². The monoisotopic (exact) mass is 289 g/mol. The summed E-state index contributed by atoms with van der Waals surface area (Å²) >= 11 is 0. The fraction of sp³-hybridized carbons (Fsp3) is 0.556. The minimum atomic E-state index is -0.427. The van der Waals surface area contributed by atoms with Crippen LogP contribution in [0.5, 0.6) is 0 Å². The lowest BCUT2D eigenvalue weighted by Crippen LogP contribution is -2.22. The van der Waals surface area contributed by atoms with E-state index in [0.29, 0.717) is 23.3 Å². The Morgan fingerprint density at radius 3 is 2.38 bits per heavy atom. The molecule has 3 nitrogen and oxygen atoms in total. The molecule has 0 bridgehead atoms. The van der Waals surface area contributed by atoms with Crippen molar-refractivity contribution in [1.29, 1.82) is 0 Å². The van der Waals surface area contributed by atoms with Crippen LogP contribution in [0.25, 0.3) is 0 Å². The summed E-state index contributed by atoms with van der Waals surface area (Å²) in [5.74, 6) is 1.31. The summed E-state index contributed by atoms with van der Waals surface area (Å²) in [6, 6.07) is 7.49. The van der Waals surface area contributed by atoms with Crippen LogP contribution in [0.15, 0.2) is 24.3 Å². The third-order valence-electron chi connectivity index (χ3n) is 4.45. The third-order valence-corrected chi connectivity index (χ3v) is 4.45. The van der Waals surface area contributed by atoms with Gasteiger partial charge in [0.2, 0.25) is 0 Å². The van der Waals surface area contributed by atoms with Crippen LogP contribution in [0.1, 0.15) is 68.8 Å². The molecule has 0 aliphatic heterocycles. The third kappa shape index (κ3) is 4.31. The SMILES string of the molecule is CC(C)c1ccc(C(=O)OO[C]2CCC(C)C(C)C2)cc1. The van der Waals surface area contributed by atoms with Crippen molar-refractivity contribution < 1.29 is 14.6 Å². The second-order valence-corrected chi connectivity index (χ2v) is 6.47. The zero-order valence-corrected chi connectivity index (χ0v) is 13.4. The average Bonchev–Trinajstić information content (AvgIpc) is 2.48. The number of rotatable bonds is 4. The highest BCUT2D eigenvalue weighted by Crippen LogP contribution is 2.35. The van der Waals surface area contributed by atoms with Crippen LogP contribution in [0, 0.1) is 17.9 Å². The van der Waals surface area contributed by atoms with Crippen molar-refractivity contribution >= 4 is 5.97 Å². The number of hydrogen-bond donors (Lipinski definition) is 0. The Hall–Kier alpha value is -1.35. The Morgan fingerprint density at radius 1 is 1.14 bits per heavy atom. The van der Waals surface area contributed by atoms with E-state index < -0.39 is 5.97 Å². The van der Waals surface area contributed by atoms with Gasteiger partial charge in [-0.3, -0.25) is 4.89 Å². The van der Waals surface area contributed by atoms with Gasteiger partial charge in [-0.1, -0.05) is 39.8 Å². The van der Waals surface area contributed by atoms with Gasteiger partial charge in [0.25, 0.3) is 0 Å². The Labute approximate surface area is 127 Å². The standard InChI is InChI=1S/C18H25O3/c1-12(2)15-6-8-16(9-7-15)18(19)21-20-17-10-5-13(3)14(4)11-17/h6-9,12-14H,5,10-11H2,1-4H3. The number of hydrogen-bond acceptors (Lipinski definition) is 3. The molecule has 2 rings (SSSR count). The molecule has 1 aliphatic rings. The molecule has 0 spiro atoms. The highest BCUT2D eigenvalue weighted by atomic mass is 17.2. The van der Waals surface area contributed by atoms with Gasteiger partial charge in [0.05, 0.1) is 5.56 Å². The van der Waals surface area contributed by atoms with Crippen molar-refractivity contribution in [3.05, 3.63) is 41.5 Å². The summed E-state index contributed by atoms with van der Waals surface area (Å²) in [6.45, 7) is 8.71. The van der Waals surface area contributed by atoms with Gasteiger partial charge in [0.15, 0.2) is 0 Å². The van der Waals surface area contributed by atoms with Gasteiger partial charge in [0, 0.05) is 0 Å². The van der Waals surface area contributed by atoms with Crippen LogP contribution in [0.4, 0.5) is 0 Å². The molecular weight excluding hydrogens is 264 g/mol. The van der Waals surface area contributed by atoms with Crippen LogP contribution in [-0.2, 0) is 9.78 Å². The summed E-state index contributed by atoms with van der Waals surface area (Å²) in [7, 11) is 0. The summed E-state index contributed by atoms with van der Waals surface area (Å²) in [5, 5.41) is 0. The number of benzene rings is 1. The molecule has 1 fully saturated rings. The molecule has 0 heterocycles. The maximum Gasteiger partial charge on any atom is 0.373 e. The number of carbonyl (C=O) groups is 1. The van der Waals surface area contributed by atoms with Crippen LogP contribution in [-0.4, -0.2) is 5.97 Å². The molecule has 0 aromatic heterocycles. The highest BCUT2D eigenvalue weighted by Gasteiger charge is 2.27. The Balaban J connectivity index is 1.84. The maximum atomic E-state index is 12.0. The number of carbonyl (C=O) groups excluding carboxylic acids is 1. The second kappa shape index (κ2) is 7.08. The van der Waals surface area contributed by atoms with Gasteiger partial charge in [0.1, 0.15) is 6.10 Å². The molecule has 1 aliphatic carbocycles. The molecule has 1 aromatic rings. The predicted octanol–water partition coefficient (Wildman–Crippen LogP) is 4.89. The summed E-state index contributed by atoms with van der Waals surface area (Å²) in [5.41, 5.74) is 1.73. The lowest BCUT2D eigenvalue weighted by molar-refractivity contribution is -0.242. The van der Waals surface area contributed by atoms with E-state index in [9.17, 15) is 4.79 Å². The van der Waals surface area contributed by atoms with Crippen molar-refractivity contribution in [3.8, 4) is 0 Å². The van der Waals surface area contributed by atoms with E-state index in [4.69, 9.17) is 9.78 Å². The zero-order valence-electron chi connectivity index (χ0n) is 13.4. The topological polar surface area (TPSA) is 35.5 Å².